The number of methoxy groups -OCH3 is 3. The number of nitrogens with one attached hydrogen (secondary N) is 6. The molecule has 127 heavy (non-hydrogen) atoms. The Morgan fingerprint density at radius 1 is 0.488 bits per heavy atom. The monoisotopic (exact) mass is 1780 g/mol. The maximum Gasteiger partial charge on any atom is 0.411 e. The Kier molecular flexibility index (Phi) is 30.6. The highest BCUT2D eigenvalue weighted by Crippen LogP contribution is 2.48. The van der Waals surface area contributed by atoms with Crippen molar-refractivity contribution in [3.05, 3.63) is 183 Å². The maximum absolute atomic E-state index is 14.4. The van der Waals surface area contributed by atoms with Crippen LogP contribution in [0.25, 0.3) is 44.3 Å². The number of carboxylic acid groups (broad SMARTS) is 1. The molecule has 4 heterocycles. The molecule has 0 radical (unpaired) electrons. The van der Waals surface area contributed by atoms with Crippen LogP contribution in [0.5, 0.6) is 23.0 Å². The van der Waals surface area contributed by atoms with Crippen LogP contribution in [0.4, 0.5) is 21.0 Å². The van der Waals surface area contributed by atoms with E-state index in [1.807, 2.05) is 72.8 Å². The normalized spacial score (nSPS) is 19.3. The molecule has 2 aliphatic carbocycles. The molecule has 2 saturated heterocycles. The van der Waals surface area contributed by atoms with Gasteiger partial charge in [0.15, 0.2) is 0 Å². The van der Waals surface area contributed by atoms with E-state index >= 15 is 0 Å². The van der Waals surface area contributed by atoms with E-state index in [0.717, 1.165) is 11.1 Å². The summed E-state index contributed by atoms with van der Waals surface area (Å²) in [6.45, 7) is 17.7. The summed E-state index contributed by atoms with van der Waals surface area (Å²) >= 11 is 0. The van der Waals surface area contributed by atoms with Crippen molar-refractivity contribution in [1.29, 1.82) is 0 Å². The van der Waals surface area contributed by atoms with Crippen LogP contribution in [0.15, 0.2) is 193 Å². The molecule has 674 valence electrons. The van der Waals surface area contributed by atoms with Gasteiger partial charge in [-0.3, -0.25) is 48.2 Å². The number of para-hydroxylation sites is 2. The van der Waals surface area contributed by atoms with Crippen molar-refractivity contribution in [3.8, 4) is 45.5 Å². The minimum atomic E-state index is -4.61. The average molecular weight is 1780 g/mol. The molecule has 4 fully saturated rings. The number of sulfonamides is 2. The number of rotatable bonds is 36. The highest BCUT2D eigenvalue weighted by atomic mass is 32.2. The summed E-state index contributed by atoms with van der Waals surface area (Å²) in [7, 11) is -4.77. The molecule has 2 aliphatic heterocycles. The topological polar surface area (TPSA) is 428 Å². The number of fused-ring (bicyclic) bond motifs is 2. The molecular weight excluding hydrogens is 1670 g/mol. The van der Waals surface area contributed by atoms with Gasteiger partial charge in [0.05, 0.1) is 68.2 Å². The predicted octanol–water partition coefficient (Wildman–Crippen LogP) is 13.3. The number of unbranched alkanes of at least 4 members (excludes halogenated alkanes) is 6. The number of amides is 8. The summed E-state index contributed by atoms with van der Waals surface area (Å²) < 4.78 is 99.8. The lowest BCUT2D eigenvalue weighted by molar-refractivity contribution is -0.141. The zero-order chi connectivity index (χ0) is 91.8. The van der Waals surface area contributed by atoms with Gasteiger partial charge in [0.25, 0.3) is 31.9 Å². The lowest BCUT2D eigenvalue weighted by atomic mass is 10.1. The molecule has 8 aromatic rings. The second-order valence-electron chi connectivity index (χ2n) is 33.5. The molecule has 0 unspecified atom stereocenters. The third-order valence-electron chi connectivity index (χ3n) is 21.8. The molecule has 32 nitrogen and oxygen atoms in total. The fourth-order valence-electron chi connectivity index (χ4n) is 15.2. The van der Waals surface area contributed by atoms with Crippen LogP contribution in [-0.4, -0.2) is 182 Å². The molecule has 0 bridgehead atoms. The number of ether oxygens (including phenoxy) is 7. The maximum atomic E-state index is 14.4. The van der Waals surface area contributed by atoms with E-state index < -0.39 is 132 Å². The van der Waals surface area contributed by atoms with Crippen LogP contribution in [0.3, 0.4) is 0 Å². The summed E-state index contributed by atoms with van der Waals surface area (Å²) in [5.74, 6) is -4.75. The van der Waals surface area contributed by atoms with Gasteiger partial charge in [-0.05, 0) is 129 Å². The van der Waals surface area contributed by atoms with Gasteiger partial charge in [0, 0.05) is 96.5 Å². The number of benzene rings is 6. The summed E-state index contributed by atoms with van der Waals surface area (Å²) in [5.41, 5.74) is -1.23. The van der Waals surface area contributed by atoms with Crippen molar-refractivity contribution in [2.75, 3.05) is 45.1 Å². The van der Waals surface area contributed by atoms with Crippen molar-refractivity contribution in [1.82, 2.24) is 39.8 Å². The quantitative estimate of drug-likeness (QED) is 0.00830. The van der Waals surface area contributed by atoms with Gasteiger partial charge in [0.2, 0.25) is 23.6 Å². The van der Waals surface area contributed by atoms with Crippen molar-refractivity contribution in [2.24, 2.45) is 11.8 Å². The summed E-state index contributed by atoms with van der Waals surface area (Å²) in [6.07, 6.45) is 5.18. The average Bonchev–Trinajstić information content (AvgIpc) is 1.58. The number of carbonyl (C=O) groups is 10. The Hall–Kier alpha value is -13.0. The standard InChI is InChI=1S/C47H55N5O11S.C46H53N5O11S/c1-7-31-28-47(31,44(56)51-64(58,59)40-20-16-15-19-35(40)49-41(53)21-13-8-9-14-22-42(54)61-6)50-43(55)38-26-33(29-52(38)45(57)63-46(2,3)4)62-39-27-36(30-17-11-10-12-18-30)48-37-25-32(60-5)23-24-34(37)39;1-6-30-27-46(30,43(56)50-63(58,59)39-19-15-14-18-34(39)48-40(52)20-12-7-8-13-21-41(53)54)49-42(55)37-25-32(28-51(37)44(57)62-45(2,3)4)61-38-26-35(29-16-10-9-11-17-29)47-36-24-31(60-5)22-23-33(36)38/h7,10-12,15-20,23-25,27,31,33,38H,1,8-9,13-14,21-22,26,28-29H2,2-6H3,(H,49,53)(H,50,55)(H,51,56);6,9-11,14-19,22-24,26,30,32,37H,1,7-8,12-13,20-21,25,27-28H2,2-5H3,(H,48,52)(H,49,55)(H,50,56)(H,53,54)/t31-,33-,38+,47-;30-,32-,37+,46-/m11/s1. The van der Waals surface area contributed by atoms with E-state index in [2.05, 4.69) is 48.6 Å². The number of pyridine rings is 2. The van der Waals surface area contributed by atoms with Gasteiger partial charge in [-0.2, -0.15) is 0 Å². The zero-order valence-corrected chi connectivity index (χ0v) is 74.0. The van der Waals surface area contributed by atoms with Crippen LogP contribution in [0.1, 0.15) is 144 Å². The molecule has 7 N–H and O–H groups in total. The Morgan fingerprint density at radius 3 is 1.21 bits per heavy atom. The van der Waals surface area contributed by atoms with E-state index in [9.17, 15) is 64.8 Å². The lowest BCUT2D eigenvalue weighted by Crippen LogP contribution is -2.56. The molecular formula is C93H108N10O22S2. The first kappa shape index (κ1) is 94.7. The molecule has 8 amide bonds. The van der Waals surface area contributed by atoms with Crippen LogP contribution in [0, 0.1) is 11.8 Å². The van der Waals surface area contributed by atoms with Gasteiger partial charge >= 0.3 is 24.1 Å². The Morgan fingerprint density at radius 2 is 0.858 bits per heavy atom. The van der Waals surface area contributed by atoms with Crippen LogP contribution in [-0.2, 0) is 72.6 Å². The molecule has 0 spiro atoms. The van der Waals surface area contributed by atoms with Crippen LogP contribution < -0.4 is 49.7 Å². The van der Waals surface area contributed by atoms with Crippen molar-refractivity contribution < 1.29 is 103 Å². The summed E-state index contributed by atoms with van der Waals surface area (Å²) in [5, 5.41) is 20.9. The number of likely N-dealkylation sites (tertiary alicyclic amines) is 2. The fourth-order valence-corrected chi connectivity index (χ4v) is 17.6. The van der Waals surface area contributed by atoms with Gasteiger partial charge in [0.1, 0.15) is 79.4 Å². The number of carboxylic acids is 1. The molecule has 34 heteroatoms. The number of esters is 1. The van der Waals surface area contributed by atoms with E-state index in [0.29, 0.717) is 108 Å². The van der Waals surface area contributed by atoms with E-state index in [1.165, 1.54) is 71.5 Å². The summed E-state index contributed by atoms with van der Waals surface area (Å²) in [4.78, 5) is 144. The minimum absolute atomic E-state index is 0.00103. The van der Waals surface area contributed by atoms with Crippen LogP contribution in [0.2, 0.25) is 0 Å². The number of carbonyl (C=O) groups excluding carboxylic acids is 9. The minimum Gasteiger partial charge on any atom is -0.497 e. The highest BCUT2D eigenvalue weighted by molar-refractivity contribution is 7.90. The molecule has 2 saturated carbocycles. The van der Waals surface area contributed by atoms with E-state index in [1.54, 1.807) is 98.2 Å². The number of hydrogen-bond donors (Lipinski definition) is 7. The highest BCUT2D eigenvalue weighted by Gasteiger charge is 2.63. The molecule has 6 aromatic carbocycles. The Balaban J connectivity index is 0.000000246. The number of aromatic nitrogens is 2. The van der Waals surface area contributed by atoms with Gasteiger partial charge in [-0.15, -0.1) is 13.2 Å². The van der Waals surface area contributed by atoms with Gasteiger partial charge in [-0.25, -0.2) is 45.8 Å². The van der Waals surface area contributed by atoms with E-state index in [4.69, 9.17) is 43.5 Å². The first-order valence-electron chi connectivity index (χ1n) is 41.9. The van der Waals surface area contributed by atoms with Crippen molar-refractivity contribution in [3.63, 3.8) is 0 Å². The second-order valence-corrected chi connectivity index (χ2v) is 36.8. The smallest absolute Gasteiger partial charge is 0.411 e. The fraction of sp³-hybridized carbons (Fsp3) is 0.398. The van der Waals surface area contributed by atoms with Gasteiger partial charge < -0.3 is 59.5 Å². The first-order chi connectivity index (χ1) is 60.4. The lowest BCUT2D eigenvalue weighted by Gasteiger charge is -2.29. The molecule has 4 aliphatic rings. The first-order valence-corrected chi connectivity index (χ1v) is 44.9. The zero-order valence-electron chi connectivity index (χ0n) is 72.4. The largest absolute Gasteiger partial charge is 0.497 e. The van der Waals surface area contributed by atoms with Crippen molar-refractivity contribution in [2.45, 2.75) is 201 Å². The third kappa shape index (κ3) is 24.4. The third-order valence-corrected chi connectivity index (χ3v) is 24.6. The molecule has 12 rings (SSSR count). The number of hydrogen-bond acceptors (Lipinski definition) is 23. The number of anilines is 2. The SMILES string of the molecule is C=C[C@@H]1C[C@]1(NC(=O)[C@@H]1C[C@@H](Oc2cc(-c3ccccc3)nc3cc(OC)ccc23)CN1C(=O)OC(C)(C)C)C(=O)NS(=O)(=O)c1ccccc1NC(=O)CCCCCCC(=O)O.C=C[C@@H]1C[C@]1(NC(=O)[C@@H]1C[C@@H](Oc2cc(-c3ccccc3)nc3cc(OC)ccc23)CN1C(=O)OC(C)(C)C)C(=O)NS(=O)(=O)c1ccccc1NC(=O)CCCCCCC(=O)OC. The van der Waals surface area contributed by atoms with Crippen LogP contribution >= 0.6 is 0 Å². The number of nitrogens with zero attached hydrogens (tertiary/aromatic N) is 4. The van der Waals surface area contributed by atoms with E-state index in [-0.39, 0.29) is 91.6 Å². The Bertz CT molecular complexity index is 5690. The van der Waals surface area contributed by atoms with Crippen molar-refractivity contribution >= 4 is 113 Å². The van der Waals surface area contributed by atoms with Gasteiger partial charge in [-0.1, -0.05) is 123 Å². The number of aliphatic carboxylic acids is 1. The summed E-state index contributed by atoms with van der Waals surface area (Å²) in [6, 6.07) is 42.3. The molecule has 2 aromatic heterocycles. The Labute approximate surface area is 737 Å². The predicted molar refractivity (Wildman–Crippen MR) is 473 cm³/mol. The second kappa shape index (κ2) is 41.0. The molecule has 8 atom stereocenters.